The molecule has 18 heavy (non-hydrogen) atoms. The van der Waals surface area contributed by atoms with Crippen LogP contribution in [0.5, 0.6) is 0 Å². The van der Waals surface area contributed by atoms with Crippen LogP contribution in [0.4, 0.5) is 10.2 Å². The highest BCUT2D eigenvalue weighted by Gasteiger charge is 2.13. The first-order valence-corrected chi connectivity index (χ1v) is 6.41. The van der Waals surface area contributed by atoms with Gasteiger partial charge >= 0.3 is 0 Å². The van der Waals surface area contributed by atoms with E-state index >= 15 is 0 Å². The number of nitrogens with zero attached hydrogens (tertiary/aromatic N) is 1. The summed E-state index contributed by atoms with van der Waals surface area (Å²) in [6.45, 7) is 1.82. The van der Waals surface area contributed by atoms with Crippen molar-refractivity contribution in [3.05, 3.63) is 55.9 Å². The van der Waals surface area contributed by atoms with E-state index in [1.807, 2.05) is 29.5 Å². The molecule has 1 aromatic carbocycles. The molecule has 4 nitrogen and oxygen atoms in total. The summed E-state index contributed by atoms with van der Waals surface area (Å²) in [5.74, 6) is 0.174. The molecule has 0 amide bonds. The highest BCUT2D eigenvalue weighted by atomic mass is 127. The number of rotatable bonds is 3. The van der Waals surface area contributed by atoms with E-state index in [0.29, 0.717) is 15.0 Å². The Kier molecular flexibility index (Phi) is 3.95. The first kappa shape index (κ1) is 13.0. The molecule has 0 saturated heterocycles. The first-order valence-electron chi connectivity index (χ1n) is 5.33. The minimum absolute atomic E-state index is 0.214. The average Bonchev–Trinajstić information content (AvgIpc) is 2.35. The highest BCUT2D eigenvalue weighted by molar-refractivity contribution is 14.1. The Balaban J connectivity index is 2.27. The fourth-order valence-corrected chi connectivity index (χ4v) is 2.04. The average molecular weight is 359 g/mol. The van der Waals surface area contributed by atoms with Crippen molar-refractivity contribution in [2.75, 3.05) is 5.32 Å². The van der Waals surface area contributed by atoms with Gasteiger partial charge in [-0.05, 0) is 35.6 Å². The van der Waals surface area contributed by atoms with Gasteiger partial charge in [-0.1, -0.05) is 18.2 Å². The number of H-pyrrole nitrogens is 1. The lowest BCUT2D eigenvalue weighted by molar-refractivity contribution is 0.600. The van der Waals surface area contributed by atoms with Gasteiger partial charge in [0.2, 0.25) is 0 Å². The third-order valence-electron chi connectivity index (χ3n) is 2.52. The second-order valence-corrected chi connectivity index (χ2v) is 4.86. The van der Waals surface area contributed by atoms with Crippen molar-refractivity contribution < 1.29 is 4.39 Å². The molecule has 0 aliphatic carbocycles. The van der Waals surface area contributed by atoms with E-state index in [-0.39, 0.29) is 17.4 Å². The summed E-state index contributed by atoms with van der Waals surface area (Å²) >= 11 is 1.90. The van der Waals surface area contributed by atoms with Crippen LogP contribution in [0, 0.1) is 9.39 Å². The Morgan fingerprint density at radius 3 is 2.89 bits per heavy atom. The molecular formula is C12H11FIN3O. The van der Waals surface area contributed by atoms with Crippen molar-refractivity contribution >= 4 is 28.4 Å². The second kappa shape index (κ2) is 5.47. The zero-order valence-electron chi connectivity index (χ0n) is 9.58. The largest absolute Gasteiger partial charge is 0.362 e. The lowest BCUT2D eigenvalue weighted by atomic mass is 10.1. The van der Waals surface area contributed by atoms with Gasteiger partial charge in [0.25, 0.3) is 5.56 Å². The number of aromatic amines is 1. The maximum atomic E-state index is 13.6. The molecule has 1 unspecified atom stereocenters. The molecule has 0 fully saturated rings. The van der Waals surface area contributed by atoms with E-state index in [1.54, 1.807) is 18.2 Å². The molecule has 1 heterocycles. The molecule has 1 aromatic heterocycles. The molecule has 0 radical (unpaired) electrons. The lowest BCUT2D eigenvalue weighted by Crippen LogP contribution is -2.17. The van der Waals surface area contributed by atoms with E-state index in [1.165, 1.54) is 12.4 Å². The Morgan fingerprint density at radius 2 is 2.17 bits per heavy atom. The van der Waals surface area contributed by atoms with Crippen LogP contribution < -0.4 is 10.9 Å². The van der Waals surface area contributed by atoms with E-state index in [4.69, 9.17) is 0 Å². The highest BCUT2D eigenvalue weighted by Crippen LogP contribution is 2.21. The minimum atomic E-state index is -0.280. The number of halogens is 2. The monoisotopic (exact) mass is 359 g/mol. The lowest BCUT2D eigenvalue weighted by Gasteiger charge is -2.16. The van der Waals surface area contributed by atoms with Gasteiger partial charge in [0.1, 0.15) is 15.2 Å². The first-order chi connectivity index (χ1) is 8.59. The quantitative estimate of drug-likeness (QED) is 0.829. The van der Waals surface area contributed by atoms with Crippen LogP contribution in [0.1, 0.15) is 18.5 Å². The van der Waals surface area contributed by atoms with Crippen LogP contribution in [-0.2, 0) is 0 Å². The van der Waals surface area contributed by atoms with E-state index in [0.717, 1.165) is 0 Å². The van der Waals surface area contributed by atoms with Crippen molar-refractivity contribution in [1.29, 1.82) is 0 Å². The van der Waals surface area contributed by atoms with E-state index in [9.17, 15) is 9.18 Å². The third kappa shape index (κ3) is 2.69. The number of hydrogen-bond donors (Lipinski definition) is 2. The number of nitrogens with one attached hydrogen (secondary N) is 2. The van der Waals surface area contributed by atoms with Crippen LogP contribution in [0.2, 0.25) is 0 Å². The normalized spacial score (nSPS) is 12.2. The van der Waals surface area contributed by atoms with Crippen molar-refractivity contribution in [2.45, 2.75) is 13.0 Å². The van der Waals surface area contributed by atoms with Crippen molar-refractivity contribution in [2.24, 2.45) is 0 Å². The summed E-state index contributed by atoms with van der Waals surface area (Å²) in [4.78, 5) is 17.9. The number of benzene rings is 1. The van der Waals surface area contributed by atoms with E-state index in [2.05, 4.69) is 15.3 Å². The summed E-state index contributed by atoms with van der Waals surface area (Å²) in [6, 6.07) is 6.25. The van der Waals surface area contributed by atoms with Crippen molar-refractivity contribution in [1.82, 2.24) is 9.97 Å². The minimum Gasteiger partial charge on any atom is -0.362 e. The summed E-state index contributed by atoms with van der Waals surface area (Å²) < 4.78 is 14.0. The second-order valence-electron chi connectivity index (χ2n) is 3.78. The standard InChI is InChI=1S/C12H11FIN3O/c1-7(8-4-2-3-5-9(8)13)17-11-10(14)12(18)16-6-15-11/h2-7H,1H3,(H2,15,16,17,18). The summed E-state index contributed by atoms with van der Waals surface area (Å²) in [7, 11) is 0. The van der Waals surface area contributed by atoms with Crippen LogP contribution in [-0.4, -0.2) is 9.97 Å². The van der Waals surface area contributed by atoms with Gasteiger partial charge in [0.05, 0.1) is 12.4 Å². The summed E-state index contributed by atoms with van der Waals surface area (Å²) in [5.41, 5.74) is 0.323. The molecule has 2 rings (SSSR count). The SMILES string of the molecule is CC(Nc1nc[nH]c(=O)c1I)c1ccccc1F. The zero-order valence-corrected chi connectivity index (χ0v) is 11.7. The number of anilines is 1. The van der Waals surface area contributed by atoms with Crippen LogP contribution in [0.3, 0.4) is 0 Å². The Labute approximate surface area is 117 Å². The molecule has 0 aliphatic heterocycles. The van der Waals surface area contributed by atoms with Gasteiger partial charge in [-0.25, -0.2) is 9.37 Å². The molecule has 2 N–H and O–H groups in total. The maximum absolute atomic E-state index is 13.6. The smallest absolute Gasteiger partial charge is 0.266 e. The predicted molar refractivity (Wildman–Crippen MR) is 76.0 cm³/mol. The topological polar surface area (TPSA) is 57.8 Å². The fraction of sp³-hybridized carbons (Fsp3) is 0.167. The molecule has 94 valence electrons. The molecule has 6 heteroatoms. The van der Waals surface area contributed by atoms with Crippen LogP contribution >= 0.6 is 22.6 Å². The third-order valence-corrected chi connectivity index (χ3v) is 3.52. The van der Waals surface area contributed by atoms with Gasteiger partial charge in [0.15, 0.2) is 0 Å². The Morgan fingerprint density at radius 1 is 1.44 bits per heavy atom. The number of hydrogen-bond acceptors (Lipinski definition) is 3. The van der Waals surface area contributed by atoms with Crippen LogP contribution in [0.25, 0.3) is 0 Å². The van der Waals surface area contributed by atoms with Gasteiger partial charge in [-0.2, -0.15) is 0 Å². The molecule has 0 bridgehead atoms. The number of aromatic nitrogens is 2. The predicted octanol–water partition coefficient (Wildman–Crippen LogP) is 2.69. The molecule has 2 aromatic rings. The maximum Gasteiger partial charge on any atom is 0.266 e. The molecule has 0 spiro atoms. The van der Waals surface area contributed by atoms with Gasteiger partial charge in [-0.3, -0.25) is 4.79 Å². The van der Waals surface area contributed by atoms with Crippen LogP contribution in [0.15, 0.2) is 35.4 Å². The van der Waals surface area contributed by atoms with Gasteiger partial charge < -0.3 is 10.3 Å². The van der Waals surface area contributed by atoms with Crippen molar-refractivity contribution in [3.63, 3.8) is 0 Å². The fourth-order valence-electron chi connectivity index (χ4n) is 1.59. The van der Waals surface area contributed by atoms with Crippen molar-refractivity contribution in [3.8, 4) is 0 Å². The van der Waals surface area contributed by atoms with Gasteiger partial charge in [0, 0.05) is 5.56 Å². The molecule has 0 aliphatic rings. The zero-order chi connectivity index (χ0) is 13.1. The molecular weight excluding hydrogens is 348 g/mol. The summed E-state index contributed by atoms with van der Waals surface area (Å²) in [5, 5.41) is 3.03. The Hall–Kier alpha value is -1.44. The summed E-state index contributed by atoms with van der Waals surface area (Å²) in [6.07, 6.45) is 1.32. The van der Waals surface area contributed by atoms with E-state index < -0.39 is 0 Å². The molecule has 0 saturated carbocycles. The molecule has 1 atom stereocenters. The van der Waals surface area contributed by atoms with Gasteiger partial charge in [-0.15, -0.1) is 0 Å². The Bertz CT molecular complexity index is 614.